The molecule has 2 saturated carbocycles. The molecule has 20 heavy (non-hydrogen) atoms. The molecule has 0 aliphatic heterocycles. The average Bonchev–Trinajstić information content (AvgIpc) is 3.29. The van der Waals surface area contributed by atoms with Crippen molar-refractivity contribution in [1.82, 2.24) is 5.32 Å². The van der Waals surface area contributed by atoms with Crippen LogP contribution in [0, 0.1) is 11.8 Å². The third-order valence-electron chi connectivity index (χ3n) is 4.34. The number of carbonyl (C=O) groups is 2. The quantitative estimate of drug-likeness (QED) is 0.866. The van der Waals surface area contributed by atoms with Crippen LogP contribution in [0.4, 0.5) is 0 Å². The molecule has 1 amide bonds. The van der Waals surface area contributed by atoms with E-state index in [4.69, 9.17) is 5.11 Å². The predicted molar refractivity (Wildman–Crippen MR) is 77.3 cm³/mol. The molecule has 4 nitrogen and oxygen atoms in total. The van der Waals surface area contributed by atoms with E-state index in [1.54, 1.807) is 0 Å². The zero-order valence-electron chi connectivity index (χ0n) is 10.9. The van der Waals surface area contributed by atoms with Crippen molar-refractivity contribution in [2.45, 2.75) is 24.7 Å². The normalized spacial score (nSPS) is 25.9. The maximum Gasteiger partial charge on any atom is 0.307 e. The zero-order valence-corrected chi connectivity index (χ0v) is 12.5. The summed E-state index contributed by atoms with van der Waals surface area (Å²) in [5.41, 5.74) is 1.28. The van der Waals surface area contributed by atoms with Gasteiger partial charge in [-0.1, -0.05) is 28.1 Å². The molecule has 2 aliphatic carbocycles. The summed E-state index contributed by atoms with van der Waals surface area (Å²) in [6.45, 7) is 0.602. The first-order valence-corrected chi connectivity index (χ1v) is 7.58. The Labute approximate surface area is 125 Å². The number of halogens is 1. The highest BCUT2D eigenvalue weighted by Gasteiger charge is 2.50. The number of rotatable bonds is 5. The Morgan fingerprint density at radius 2 is 2.10 bits per heavy atom. The summed E-state index contributed by atoms with van der Waals surface area (Å²) < 4.78 is 1.04. The van der Waals surface area contributed by atoms with Gasteiger partial charge in [-0.05, 0) is 37.0 Å². The van der Waals surface area contributed by atoms with Gasteiger partial charge in [0.05, 0.1) is 11.8 Å². The third kappa shape index (κ3) is 2.59. The molecular weight excluding hydrogens is 322 g/mol. The highest BCUT2D eigenvalue weighted by molar-refractivity contribution is 9.10. The lowest BCUT2D eigenvalue weighted by atomic mass is 9.96. The zero-order chi connectivity index (χ0) is 14.3. The molecule has 0 heterocycles. The van der Waals surface area contributed by atoms with E-state index in [9.17, 15) is 9.59 Å². The second-order valence-electron chi connectivity index (χ2n) is 5.80. The number of carbonyl (C=O) groups excluding carboxylic acids is 1. The van der Waals surface area contributed by atoms with Crippen molar-refractivity contribution in [3.8, 4) is 0 Å². The van der Waals surface area contributed by atoms with Crippen LogP contribution in [0.5, 0.6) is 0 Å². The summed E-state index contributed by atoms with van der Waals surface area (Å²) in [4.78, 5) is 22.7. The Bertz CT molecular complexity index is 568. The summed E-state index contributed by atoms with van der Waals surface area (Å²) in [6, 6.07) is 8.17. The van der Waals surface area contributed by atoms with Crippen LogP contribution in [0.2, 0.25) is 0 Å². The minimum atomic E-state index is -0.863. The Morgan fingerprint density at radius 3 is 2.65 bits per heavy atom. The van der Waals surface area contributed by atoms with Gasteiger partial charge in [-0.25, -0.2) is 0 Å². The minimum absolute atomic E-state index is 0.0487. The van der Waals surface area contributed by atoms with Crippen molar-refractivity contribution in [1.29, 1.82) is 0 Å². The highest BCUT2D eigenvalue weighted by Crippen LogP contribution is 2.48. The van der Waals surface area contributed by atoms with Crippen molar-refractivity contribution >= 4 is 27.8 Å². The Balaban J connectivity index is 1.59. The van der Waals surface area contributed by atoms with E-state index in [2.05, 4.69) is 33.4 Å². The van der Waals surface area contributed by atoms with Crippen LogP contribution in [0.15, 0.2) is 28.7 Å². The highest BCUT2D eigenvalue weighted by atomic mass is 79.9. The van der Waals surface area contributed by atoms with E-state index in [1.165, 1.54) is 5.56 Å². The Morgan fingerprint density at radius 1 is 1.35 bits per heavy atom. The fourth-order valence-corrected chi connectivity index (χ4v) is 3.08. The van der Waals surface area contributed by atoms with Crippen LogP contribution < -0.4 is 5.32 Å². The third-order valence-corrected chi connectivity index (χ3v) is 4.83. The van der Waals surface area contributed by atoms with E-state index in [0.29, 0.717) is 13.0 Å². The van der Waals surface area contributed by atoms with Gasteiger partial charge in [-0.3, -0.25) is 9.59 Å². The van der Waals surface area contributed by atoms with Crippen molar-refractivity contribution in [3.05, 3.63) is 34.3 Å². The molecule has 1 aromatic rings. The summed E-state index contributed by atoms with van der Waals surface area (Å²) >= 11 is 3.47. The van der Waals surface area contributed by atoms with Gasteiger partial charge in [-0.15, -0.1) is 0 Å². The topological polar surface area (TPSA) is 66.4 Å². The van der Waals surface area contributed by atoms with Crippen LogP contribution >= 0.6 is 15.9 Å². The van der Waals surface area contributed by atoms with Gasteiger partial charge in [0.2, 0.25) is 5.91 Å². The maximum atomic E-state index is 11.9. The fourth-order valence-electron chi connectivity index (χ4n) is 2.68. The molecule has 2 N–H and O–H groups in total. The first-order valence-electron chi connectivity index (χ1n) is 6.78. The fraction of sp³-hybridized carbons (Fsp3) is 0.467. The monoisotopic (exact) mass is 337 g/mol. The molecule has 0 saturated heterocycles. The predicted octanol–water partition coefficient (Wildman–Crippen LogP) is 2.32. The number of hydrogen-bond acceptors (Lipinski definition) is 2. The maximum absolute atomic E-state index is 11.9. The van der Waals surface area contributed by atoms with Gasteiger partial charge >= 0.3 is 5.97 Å². The Hall–Kier alpha value is -1.36. The second-order valence-corrected chi connectivity index (χ2v) is 6.71. The molecule has 2 fully saturated rings. The Kier molecular flexibility index (Phi) is 3.32. The lowest BCUT2D eigenvalue weighted by Gasteiger charge is -2.17. The van der Waals surface area contributed by atoms with Gasteiger partial charge < -0.3 is 10.4 Å². The largest absolute Gasteiger partial charge is 0.481 e. The van der Waals surface area contributed by atoms with Crippen molar-refractivity contribution in [2.75, 3.05) is 6.54 Å². The number of aliphatic carboxylic acids is 1. The number of amides is 1. The summed E-state index contributed by atoms with van der Waals surface area (Å²) in [5, 5.41) is 11.8. The molecule has 2 unspecified atom stereocenters. The average molecular weight is 338 g/mol. The van der Waals surface area contributed by atoms with Gasteiger partial charge in [0, 0.05) is 16.4 Å². The molecule has 0 bridgehead atoms. The van der Waals surface area contributed by atoms with E-state index < -0.39 is 11.9 Å². The summed E-state index contributed by atoms with van der Waals surface area (Å²) in [6.07, 6.45) is 2.61. The standard InChI is InChI=1S/C15H16BrNO3/c16-10-3-1-2-9(6-10)15(4-5-15)8-17-13(18)11-7-12(11)14(19)20/h1-3,6,11-12H,4-5,7-8H2,(H,17,18)(H,19,20). The molecule has 0 aromatic heterocycles. The molecular formula is C15H16BrNO3. The first-order chi connectivity index (χ1) is 9.52. The van der Waals surface area contributed by atoms with Crippen molar-refractivity contribution in [3.63, 3.8) is 0 Å². The van der Waals surface area contributed by atoms with Crippen LogP contribution in [0.3, 0.4) is 0 Å². The molecule has 2 aliphatic rings. The molecule has 2 atom stereocenters. The van der Waals surface area contributed by atoms with Crippen molar-refractivity contribution < 1.29 is 14.7 Å². The molecule has 106 valence electrons. The molecule has 0 spiro atoms. The van der Waals surface area contributed by atoms with Crippen LogP contribution in [0.1, 0.15) is 24.8 Å². The lowest BCUT2D eigenvalue weighted by molar-refractivity contribution is -0.140. The van der Waals surface area contributed by atoms with Gasteiger partial charge in [0.15, 0.2) is 0 Å². The van der Waals surface area contributed by atoms with E-state index in [0.717, 1.165) is 17.3 Å². The molecule has 5 heteroatoms. The van der Waals surface area contributed by atoms with Crippen LogP contribution in [0.25, 0.3) is 0 Å². The van der Waals surface area contributed by atoms with Gasteiger partial charge in [0.25, 0.3) is 0 Å². The van der Waals surface area contributed by atoms with E-state index in [-0.39, 0.29) is 17.2 Å². The minimum Gasteiger partial charge on any atom is -0.481 e. The molecule has 0 radical (unpaired) electrons. The van der Waals surface area contributed by atoms with Crippen LogP contribution in [-0.2, 0) is 15.0 Å². The van der Waals surface area contributed by atoms with E-state index >= 15 is 0 Å². The van der Waals surface area contributed by atoms with Gasteiger partial charge in [0.1, 0.15) is 0 Å². The van der Waals surface area contributed by atoms with E-state index in [1.807, 2.05) is 12.1 Å². The smallest absolute Gasteiger partial charge is 0.307 e. The number of hydrogen-bond donors (Lipinski definition) is 2. The van der Waals surface area contributed by atoms with Crippen LogP contribution in [-0.4, -0.2) is 23.5 Å². The lowest BCUT2D eigenvalue weighted by Crippen LogP contribution is -2.34. The number of carboxylic acid groups (broad SMARTS) is 1. The molecule has 3 rings (SSSR count). The number of carboxylic acids is 1. The summed E-state index contributed by atoms with van der Waals surface area (Å²) in [7, 11) is 0. The second kappa shape index (κ2) is 4.88. The SMILES string of the molecule is O=C(O)C1CC1C(=O)NCC1(c2cccc(Br)c2)CC1. The van der Waals surface area contributed by atoms with Crippen molar-refractivity contribution in [2.24, 2.45) is 11.8 Å². The van der Waals surface area contributed by atoms with Gasteiger partial charge in [-0.2, -0.15) is 0 Å². The number of benzene rings is 1. The first kappa shape index (κ1) is 13.6. The number of nitrogens with one attached hydrogen (secondary N) is 1. The summed E-state index contributed by atoms with van der Waals surface area (Å²) in [5.74, 6) is -1.78. The molecule has 1 aromatic carbocycles.